The van der Waals surface area contributed by atoms with Gasteiger partial charge in [-0.1, -0.05) is 15.9 Å². The highest BCUT2D eigenvalue weighted by molar-refractivity contribution is 9.09. The summed E-state index contributed by atoms with van der Waals surface area (Å²) in [5.41, 5.74) is 1.97. The first kappa shape index (κ1) is 14.8. The zero-order chi connectivity index (χ0) is 14.7. The number of furan rings is 1. The molecule has 1 unspecified atom stereocenters. The maximum Gasteiger partial charge on any atom is 0.203 e. The Labute approximate surface area is 126 Å². The summed E-state index contributed by atoms with van der Waals surface area (Å²) in [6, 6.07) is 5.79. The Morgan fingerprint density at radius 3 is 2.25 bits per heavy atom. The van der Waals surface area contributed by atoms with Crippen LogP contribution in [-0.2, 0) is 0 Å². The zero-order valence-corrected chi connectivity index (χ0v) is 13.5. The molecular formula is C15H17BrO4. The van der Waals surface area contributed by atoms with Gasteiger partial charge in [-0.25, -0.2) is 0 Å². The van der Waals surface area contributed by atoms with Crippen LogP contribution in [0.4, 0.5) is 0 Å². The van der Waals surface area contributed by atoms with E-state index < -0.39 is 0 Å². The van der Waals surface area contributed by atoms with Crippen LogP contribution in [0, 0.1) is 6.92 Å². The number of methoxy groups -OCH3 is 3. The van der Waals surface area contributed by atoms with Gasteiger partial charge in [0.05, 0.1) is 32.4 Å². The predicted molar refractivity (Wildman–Crippen MR) is 80.3 cm³/mol. The van der Waals surface area contributed by atoms with Gasteiger partial charge < -0.3 is 18.6 Å². The Morgan fingerprint density at radius 1 is 1.05 bits per heavy atom. The molecule has 1 aromatic heterocycles. The summed E-state index contributed by atoms with van der Waals surface area (Å²) in [6.45, 7) is 1.91. The molecule has 1 atom stereocenters. The van der Waals surface area contributed by atoms with Gasteiger partial charge in [-0.05, 0) is 25.1 Å². The molecule has 0 amide bonds. The summed E-state index contributed by atoms with van der Waals surface area (Å²) in [4.78, 5) is -0.0466. The van der Waals surface area contributed by atoms with Crippen molar-refractivity contribution in [2.24, 2.45) is 0 Å². The average molecular weight is 341 g/mol. The van der Waals surface area contributed by atoms with E-state index in [2.05, 4.69) is 15.9 Å². The number of hydrogen-bond acceptors (Lipinski definition) is 4. The van der Waals surface area contributed by atoms with Crippen molar-refractivity contribution >= 4 is 15.9 Å². The van der Waals surface area contributed by atoms with Crippen molar-refractivity contribution in [3.05, 3.63) is 41.3 Å². The Morgan fingerprint density at radius 2 is 1.75 bits per heavy atom. The van der Waals surface area contributed by atoms with Gasteiger partial charge >= 0.3 is 0 Å². The third-order valence-corrected chi connectivity index (χ3v) is 4.07. The number of halogens is 1. The van der Waals surface area contributed by atoms with Gasteiger partial charge in [0, 0.05) is 11.1 Å². The van der Waals surface area contributed by atoms with Crippen molar-refractivity contribution in [2.75, 3.05) is 21.3 Å². The molecule has 0 fully saturated rings. The minimum absolute atomic E-state index is 0.0466. The molecule has 2 aromatic rings. The van der Waals surface area contributed by atoms with Gasteiger partial charge in [-0.15, -0.1) is 0 Å². The molecule has 0 spiro atoms. The van der Waals surface area contributed by atoms with Gasteiger partial charge in [0.2, 0.25) is 5.75 Å². The van der Waals surface area contributed by atoms with E-state index in [0.29, 0.717) is 17.2 Å². The minimum atomic E-state index is -0.0466. The third kappa shape index (κ3) is 2.63. The molecule has 4 nitrogen and oxygen atoms in total. The Kier molecular flexibility index (Phi) is 4.60. The minimum Gasteiger partial charge on any atom is -0.493 e. The lowest BCUT2D eigenvalue weighted by atomic mass is 10.0. The third-order valence-electron chi connectivity index (χ3n) is 3.05. The maximum atomic E-state index is 5.49. The van der Waals surface area contributed by atoms with Crippen LogP contribution in [-0.4, -0.2) is 21.3 Å². The smallest absolute Gasteiger partial charge is 0.203 e. The SMILES string of the molecule is COc1ccc(C(Br)c2coc(C)c2)c(OC)c1OC. The van der Waals surface area contributed by atoms with Gasteiger partial charge in [-0.2, -0.15) is 0 Å². The standard InChI is InChI=1S/C15H17BrO4/c1-9-7-10(8-20-9)13(16)11-5-6-12(17-2)15(19-4)14(11)18-3/h5-8,13H,1-4H3. The molecule has 0 aliphatic rings. The molecule has 20 heavy (non-hydrogen) atoms. The van der Waals surface area contributed by atoms with Crippen LogP contribution >= 0.6 is 15.9 Å². The quantitative estimate of drug-likeness (QED) is 0.768. The van der Waals surface area contributed by atoms with Crippen molar-refractivity contribution in [3.8, 4) is 17.2 Å². The first-order valence-corrected chi connectivity index (χ1v) is 7.01. The van der Waals surface area contributed by atoms with Crippen molar-refractivity contribution in [1.82, 2.24) is 0 Å². The van der Waals surface area contributed by atoms with Crippen molar-refractivity contribution in [1.29, 1.82) is 0 Å². The summed E-state index contributed by atoms with van der Waals surface area (Å²) < 4.78 is 21.5. The van der Waals surface area contributed by atoms with Crippen molar-refractivity contribution in [2.45, 2.75) is 11.8 Å². The largest absolute Gasteiger partial charge is 0.493 e. The van der Waals surface area contributed by atoms with Crippen LogP contribution in [0.25, 0.3) is 0 Å². The van der Waals surface area contributed by atoms with E-state index in [1.54, 1.807) is 27.6 Å². The molecule has 108 valence electrons. The number of hydrogen-bond donors (Lipinski definition) is 0. The van der Waals surface area contributed by atoms with E-state index in [1.165, 1.54) is 0 Å². The monoisotopic (exact) mass is 340 g/mol. The van der Waals surface area contributed by atoms with E-state index in [-0.39, 0.29) is 4.83 Å². The van der Waals surface area contributed by atoms with E-state index >= 15 is 0 Å². The first-order valence-electron chi connectivity index (χ1n) is 6.10. The zero-order valence-electron chi connectivity index (χ0n) is 11.9. The highest BCUT2D eigenvalue weighted by atomic mass is 79.9. The molecule has 0 aliphatic heterocycles. The predicted octanol–water partition coefficient (Wildman–Crippen LogP) is 4.10. The molecule has 1 aromatic carbocycles. The Hall–Kier alpha value is -1.62. The second-order valence-electron chi connectivity index (χ2n) is 4.28. The molecule has 0 aliphatic carbocycles. The van der Waals surface area contributed by atoms with Gasteiger partial charge in [0.25, 0.3) is 0 Å². The number of rotatable bonds is 5. The van der Waals surface area contributed by atoms with E-state index in [4.69, 9.17) is 18.6 Å². The molecule has 0 saturated carbocycles. The number of aryl methyl sites for hydroxylation is 1. The topological polar surface area (TPSA) is 40.8 Å². The van der Waals surface area contributed by atoms with Crippen LogP contribution in [0.2, 0.25) is 0 Å². The van der Waals surface area contributed by atoms with Gasteiger partial charge in [0.1, 0.15) is 5.76 Å². The van der Waals surface area contributed by atoms with Crippen molar-refractivity contribution in [3.63, 3.8) is 0 Å². The number of alkyl halides is 1. The van der Waals surface area contributed by atoms with Crippen LogP contribution in [0.5, 0.6) is 17.2 Å². The molecule has 2 rings (SSSR count). The molecule has 0 radical (unpaired) electrons. The Balaban J connectivity index is 2.51. The molecule has 0 saturated heterocycles. The second kappa shape index (κ2) is 6.22. The summed E-state index contributed by atoms with van der Waals surface area (Å²) >= 11 is 3.67. The van der Waals surface area contributed by atoms with Gasteiger partial charge in [0.15, 0.2) is 11.5 Å². The van der Waals surface area contributed by atoms with Crippen LogP contribution in [0.15, 0.2) is 28.9 Å². The second-order valence-corrected chi connectivity index (χ2v) is 5.19. The summed E-state index contributed by atoms with van der Waals surface area (Å²) in [6.07, 6.45) is 1.73. The summed E-state index contributed by atoms with van der Waals surface area (Å²) in [5.74, 6) is 2.73. The fourth-order valence-electron chi connectivity index (χ4n) is 2.10. The van der Waals surface area contributed by atoms with E-state index in [9.17, 15) is 0 Å². The normalized spacial score (nSPS) is 12.1. The lowest BCUT2D eigenvalue weighted by Gasteiger charge is -2.18. The Bertz CT molecular complexity index is 592. The number of benzene rings is 1. The average Bonchev–Trinajstić information content (AvgIpc) is 2.91. The lowest BCUT2D eigenvalue weighted by Crippen LogP contribution is -2.01. The highest BCUT2D eigenvalue weighted by Gasteiger charge is 2.22. The molecule has 1 heterocycles. The van der Waals surface area contributed by atoms with Crippen LogP contribution in [0.1, 0.15) is 21.7 Å². The molecular weight excluding hydrogens is 324 g/mol. The molecule has 0 bridgehead atoms. The van der Waals surface area contributed by atoms with E-state index in [0.717, 1.165) is 16.9 Å². The maximum absolute atomic E-state index is 5.49. The summed E-state index contributed by atoms with van der Waals surface area (Å²) in [7, 11) is 4.80. The van der Waals surface area contributed by atoms with Crippen LogP contribution in [0.3, 0.4) is 0 Å². The summed E-state index contributed by atoms with van der Waals surface area (Å²) in [5, 5.41) is 0. The van der Waals surface area contributed by atoms with E-state index in [1.807, 2.05) is 25.1 Å². The fourth-order valence-corrected chi connectivity index (χ4v) is 2.70. The number of ether oxygens (including phenoxy) is 3. The first-order chi connectivity index (χ1) is 9.62. The van der Waals surface area contributed by atoms with Gasteiger partial charge in [-0.3, -0.25) is 0 Å². The molecule has 0 N–H and O–H groups in total. The van der Waals surface area contributed by atoms with Crippen LogP contribution < -0.4 is 14.2 Å². The lowest BCUT2D eigenvalue weighted by molar-refractivity contribution is 0.322. The van der Waals surface area contributed by atoms with Crippen molar-refractivity contribution < 1.29 is 18.6 Å². The highest BCUT2D eigenvalue weighted by Crippen LogP contribution is 2.46. The molecule has 5 heteroatoms. The fraction of sp³-hybridized carbons (Fsp3) is 0.333.